The topological polar surface area (TPSA) is 70.4 Å². The van der Waals surface area contributed by atoms with E-state index >= 15 is 0 Å². The minimum absolute atomic E-state index is 0.0985. The van der Waals surface area contributed by atoms with E-state index in [0.717, 1.165) is 12.8 Å². The zero-order chi connectivity index (χ0) is 15.7. The van der Waals surface area contributed by atoms with E-state index in [1.165, 1.54) is 4.90 Å². The summed E-state index contributed by atoms with van der Waals surface area (Å²) in [5.41, 5.74) is 1.78. The summed E-state index contributed by atoms with van der Waals surface area (Å²) in [6, 6.07) is 6.90. The molecule has 0 spiro atoms. The van der Waals surface area contributed by atoms with E-state index in [-0.39, 0.29) is 18.4 Å². The van der Waals surface area contributed by atoms with Crippen LogP contribution in [0.1, 0.15) is 25.7 Å². The quantitative estimate of drug-likeness (QED) is 0.776. The number of nitrogens with zero attached hydrogens (tertiary/aromatic N) is 2. The molecule has 2 aliphatic rings. The van der Waals surface area contributed by atoms with Crippen molar-refractivity contribution in [2.24, 2.45) is 0 Å². The number of rotatable bonds is 3. The van der Waals surface area contributed by atoms with Crippen LogP contribution < -0.4 is 9.64 Å². The Bertz CT molecular complexity index is 705. The van der Waals surface area contributed by atoms with Gasteiger partial charge < -0.3 is 4.74 Å². The monoisotopic (exact) mass is 360 g/mol. The predicted molar refractivity (Wildman–Crippen MR) is 83.2 cm³/mol. The molecule has 0 N–H and O–H groups in total. The van der Waals surface area contributed by atoms with Crippen molar-refractivity contribution in [3.8, 4) is 11.8 Å². The van der Waals surface area contributed by atoms with Crippen LogP contribution in [0.3, 0.4) is 0 Å². The standard InChI is InChI=1S/C16H13BrN2O3/c17-13-6-5-10(9-14(13)22-8-7-18)19-15(20)11-3-1-2-4-12(11)16(19)21/h5-6,9H,1-4,8H2. The summed E-state index contributed by atoms with van der Waals surface area (Å²) in [4.78, 5) is 26.2. The first-order valence-electron chi connectivity index (χ1n) is 7.03. The molecule has 0 bridgehead atoms. The molecule has 1 aromatic rings. The van der Waals surface area contributed by atoms with E-state index in [4.69, 9.17) is 10.00 Å². The minimum atomic E-state index is -0.228. The number of amides is 2. The van der Waals surface area contributed by atoms with Gasteiger partial charge in [0.05, 0.1) is 10.2 Å². The number of imide groups is 1. The van der Waals surface area contributed by atoms with Gasteiger partial charge in [0.25, 0.3) is 11.8 Å². The van der Waals surface area contributed by atoms with Crippen LogP contribution in [0.5, 0.6) is 5.75 Å². The molecule has 0 fully saturated rings. The summed E-state index contributed by atoms with van der Waals surface area (Å²) in [5, 5.41) is 8.61. The number of hydrogen-bond donors (Lipinski definition) is 0. The highest BCUT2D eigenvalue weighted by Crippen LogP contribution is 2.38. The molecule has 112 valence electrons. The van der Waals surface area contributed by atoms with E-state index in [9.17, 15) is 9.59 Å². The maximum absolute atomic E-state index is 12.5. The third kappa shape index (κ3) is 2.42. The Kier molecular flexibility index (Phi) is 3.99. The first kappa shape index (κ1) is 14.8. The van der Waals surface area contributed by atoms with Crippen LogP contribution in [-0.2, 0) is 9.59 Å². The Morgan fingerprint density at radius 1 is 1.18 bits per heavy atom. The summed E-state index contributed by atoms with van der Waals surface area (Å²) < 4.78 is 5.97. The van der Waals surface area contributed by atoms with Crippen LogP contribution in [0.4, 0.5) is 5.69 Å². The van der Waals surface area contributed by atoms with Crippen LogP contribution in [-0.4, -0.2) is 18.4 Å². The molecule has 5 nitrogen and oxygen atoms in total. The Labute approximate surface area is 136 Å². The molecule has 0 saturated heterocycles. The van der Waals surface area contributed by atoms with Crippen molar-refractivity contribution in [1.82, 2.24) is 0 Å². The number of benzene rings is 1. The number of carbonyl (C=O) groups is 2. The van der Waals surface area contributed by atoms with Crippen molar-refractivity contribution >= 4 is 33.4 Å². The first-order chi connectivity index (χ1) is 10.6. The molecular formula is C16H13BrN2O3. The molecule has 2 amide bonds. The fraction of sp³-hybridized carbons (Fsp3) is 0.312. The highest BCUT2D eigenvalue weighted by Gasteiger charge is 2.39. The molecule has 0 unspecified atom stereocenters. The van der Waals surface area contributed by atoms with Crippen molar-refractivity contribution in [1.29, 1.82) is 5.26 Å². The van der Waals surface area contributed by atoms with Crippen molar-refractivity contribution < 1.29 is 14.3 Å². The van der Waals surface area contributed by atoms with E-state index in [1.54, 1.807) is 18.2 Å². The lowest BCUT2D eigenvalue weighted by Gasteiger charge is -2.16. The van der Waals surface area contributed by atoms with E-state index in [1.807, 2.05) is 6.07 Å². The molecule has 0 atom stereocenters. The molecule has 0 radical (unpaired) electrons. The Balaban J connectivity index is 1.94. The fourth-order valence-corrected chi connectivity index (χ4v) is 3.19. The Hall–Kier alpha value is -2.13. The van der Waals surface area contributed by atoms with Gasteiger partial charge in [-0.1, -0.05) is 0 Å². The van der Waals surface area contributed by atoms with Crippen LogP contribution >= 0.6 is 15.9 Å². The Morgan fingerprint density at radius 3 is 2.41 bits per heavy atom. The van der Waals surface area contributed by atoms with Crippen LogP contribution in [0.15, 0.2) is 33.8 Å². The largest absolute Gasteiger partial charge is 0.477 e. The van der Waals surface area contributed by atoms with Crippen molar-refractivity contribution in [2.45, 2.75) is 25.7 Å². The van der Waals surface area contributed by atoms with Gasteiger partial charge in [0, 0.05) is 17.2 Å². The van der Waals surface area contributed by atoms with E-state index in [0.29, 0.717) is 39.9 Å². The lowest BCUT2D eigenvalue weighted by molar-refractivity contribution is -0.120. The summed E-state index contributed by atoms with van der Waals surface area (Å²) in [7, 11) is 0. The van der Waals surface area contributed by atoms with Crippen LogP contribution in [0.2, 0.25) is 0 Å². The van der Waals surface area contributed by atoms with Crippen LogP contribution in [0, 0.1) is 11.3 Å². The van der Waals surface area contributed by atoms with Crippen LogP contribution in [0.25, 0.3) is 0 Å². The van der Waals surface area contributed by atoms with Gasteiger partial charge in [-0.25, -0.2) is 4.90 Å². The van der Waals surface area contributed by atoms with E-state index in [2.05, 4.69) is 15.9 Å². The number of ether oxygens (including phenoxy) is 1. The second-order valence-electron chi connectivity index (χ2n) is 5.17. The number of anilines is 1. The molecule has 6 heteroatoms. The summed E-state index contributed by atoms with van der Waals surface area (Å²) >= 11 is 3.33. The minimum Gasteiger partial charge on any atom is -0.477 e. The molecule has 1 aliphatic carbocycles. The molecule has 0 saturated carbocycles. The third-order valence-corrected chi connectivity index (χ3v) is 4.51. The van der Waals surface area contributed by atoms with Gasteiger partial charge in [-0.2, -0.15) is 5.26 Å². The average Bonchev–Trinajstić information content (AvgIpc) is 2.79. The second kappa shape index (κ2) is 5.93. The smallest absolute Gasteiger partial charge is 0.261 e. The highest BCUT2D eigenvalue weighted by molar-refractivity contribution is 9.10. The van der Waals surface area contributed by atoms with Gasteiger partial charge >= 0.3 is 0 Å². The number of halogens is 1. The van der Waals surface area contributed by atoms with Crippen molar-refractivity contribution in [3.63, 3.8) is 0 Å². The number of hydrogen-bond acceptors (Lipinski definition) is 4. The normalized spacial score (nSPS) is 17.5. The maximum atomic E-state index is 12.5. The number of carbonyl (C=O) groups excluding carboxylic acids is 2. The fourth-order valence-electron chi connectivity index (χ4n) is 2.83. The van der Waals surface area contributed by atoms with Gasteiger partial charge in [0.15, 0.2) is 6.61 Å². The van der Waals surface area contributed by atoms with E-state index < -0.39 is 0 Å². The summed E-state index contributed by atoms with van der Waals surface area (Å²) in [6.45, 7) is -0.0985. The molecule has 22 heavy (non-hydrogen) atoms. The molecule has 0 aromatic heterocycles. The lowest BCUT2D eigenvalue weighted by Crippen LogP contribution is -2.31. The molecule has 1 heterocycles. The Morgan fingerprint density at radius 2 is 1.82 bits per heavy atom. The summed E-state index contributed by atoms with van der Waals surface area (Å²) in [6.07, 6.45) is 3.24. The molecule has 3 rings (SSSR count). The molecule has 1 aliphatic heterocycles. The molecule has 1 aromatic carbocycles. The van der Waals surface area contributed by atoms with Crippen molar-refractivity contribution in [2.75, 3.05) is 11.5 Å². The highest BCUT2D eigenvalue weighted by atomic mass is 79.9. The predicted octanol–water partition coefficient (Wildman–Crippen LogP) is 3.10. The average molecular weight is 361 g/mol. The number of nitriles is 1. The third-order valence-electron chi connectivity index (χ3n) is 3.86. The summed E-state index contributed by atoms with van der Waals surface area (Å²) in [5.74, 6) is -0.0222. The van der Waals surface area contributed by atoms with Gasteiger partial charge in [0.1, 0.15) is 11.8 Å². The SMILES string of the molecule is N#CCOc1cc(N2C(=O)C3=C(CCCC3)C2=O)ccc1Br. The van der Waals surface area contributed by atoms with Gasteiger partial charge in [-0.15, -0.1) is 0 Å². The molecular weight excluding hydrogens is 348 g/mol. The maximum Gasteiger partial charge on any atom is 0.261 e. The van der Waals surface area contributed by atoms with Gasteiger partial charge in [-0.3, -0.25) is 9.59 Å². The van der Waals surface area contributed by atoms with Gasteiger partial charge in [0.2, 0.25) is 0 Å². The van der Waals surface area contributed by atoms with Crippen molar-refractivity contribution in [3.05, 3.63) is 33.8 Å². The second-order valence-corrected chi connectivity index (χ2v) is 6.03. The van der Waals surface area contributed by atoms with Gasteiger partial charge in [-0.05, 0) is 53.7 Å². The zero-order valence-corrected chi connectivity index (χ0v) is 13.4. The first-order valence-corrected chi connectivity index (χ1v) is 7.83. The lowest BCUT2D eigenvalue weighted by atomic mass is 9.93. The zero-order valence-electron chi connectivity index (χ0n) is 11.8.